The highest BCUT2D eigenvalue weighted by atomic mass is 16.5. The Labute approximate surface area is 68.9 Å². The molecule has 0 bridgehead atoms. The lowest BCUT2D eigenvalue weighted by Gasteiger charge is -2.07. The van der Waals surface area contributed by atoms with Crippen LogP contribution in [0.5, 0.6) is 0 Å². The first kappa shape index (κ1) is 10.6. The molecule has 0 aromatic carbocycles. The predicted molar refractivity (Wildman–Crippen MR) is 45.6 cm³/mol. The van der Waals surface area contributed by atoms with E-state index in [1.807, 2.05) is 6.92 Å². The zero-order valence-electron chi connectivity index (χ0n) is 7.72. The molecule has 0 fully saturated rings. The van der Waals surface area contributed by atoms with Gasteiger partial charge in [-0.3, -0.25) is 4.79 Å². The number of carbonyl (C=O) groups is 1. The summed E-state index contributed by atoms with van der Waals surface area (Å²) in [5.74, 6) is 0.272. The minimum absolute atomic E-state index is 0.0619. The van der Waals surface area contributed by atoms with Crippen LogP contribution in [0, 0.1) is 5.92 Å². The van der Waals surface area contributed by atoms with Crippen molar-refractivity contribution in [2.45, 2.75) is 33.6 Å². The average molecular weight is 158 g/mol. The number of ether oxygens (including phenoxy) is 1. The summed E-state index contributed by atoms with van der Waals surface area (Å²) in [6, 6.07) is 0. The predicted octanol–water partition coefficient (Wildman–Crippen LogP) is 2.03. The second-order valence-corrected chi connectivity index (χ2v) is 2.94. The van der Waals surface area contributed by atoms with E-state index in [4.69, 9.17) is 4.74 Å². The summed E-state index contributed by atoms with van der Waals surface area (Å²) in [4.78, 5) is 10.7. The van der Waals surface area contributed by atoms with Gasteiger partial charge in [-0.15, -0.1) is 0 Å². The van der Waals surface area contributed by atoms with E-state index in [2.05, 4.69) is 6.92 Å². The summed E-state index contributed by atoms with van der Waals surface area (Å²) in [7, 11) is 0. The quantitative estimate of drug-likeness (QED) is 0.553. The first-order chi connectivity index (χ1) is 5.18. The van der Waals surface area contributed by atoms with Crippen LogP contribution in [0.2, 0.25) is 0 Å². The molecule has 2 heteroatoms. The van der Waals surface area contributed by atoms with Crippen LogP contribution in [-0.4, -0.2) is 19.0 Å². The van der Waals surface area contributed by atoms with Gasteiger partial charge in [-0.2, -0.15) is 0 Å². The van der Waals surface area contributed by atoms with Gasteiger partial charge in [0.2, 0.25) is 0 Å². The van der Waals surface area contributed by atoms with Gasteiger partial charge in [-0.05, 0) is 13.3 Å². The lowest BCUT2D eigenvalue weighted by Crippen LogP contribution is -2.14. The number of carbonyl (C=O) groups excluding carboxylic acids is 1. The molecule has 0 aliphatic heterocycles. The second-order valence-electron chi connectivity index (χ2n) is 2.94. The number of Topliss-reactive ketones (excluding diaryl/α,β-unsaturated/α-hetero) is 1. The molecule has 66 valence electrons. The third-order valence-corrected chi connectivity index (χ3v) is 1.70. The normalized spacial score (nSPS) is 13.0. The Hall–Kier alpha value is -0.370. The molecule has 0 rings (SSSR count). The molecule has 0 spiro atoms. The molecule has 0 aliphatic carbocycles. The van der Waals surface area contributed by atoms with Crippen molar-refractivity contribution >= 4 is 5.78 Å². The lowest BCUT2D eigenvalue weighted by molar-refractivity contribution is -0.122. The fourth-order valence-corrected chi connectivity index (χ4v) is 0.624. The van der Waals surface area contributed by atoms with Gasteiger partial charge in [-0.1, -0.05) is 20.3 Å². The molecule has 0 N–H and O–H groups in total. The van der Waals surface area contributed by atoms with Gasteiger partial charge in [0, 0.05) is 12.5 Å². The Bertz CT molecular complexity index is 110. The largest absolute Gasteiger partial charge is 0.381 e. The summed E-state index contributed by atoms with van der Waals surface area (Å²) >= 11 is 0. The van der Waals surface area contributed by atoms with E-state index < -0.39 is 0 Å². The SMILES string of the molecule is CCCCOCC(C)C(C)=O. The van der Waals surface area contributed by atoms with E-state index >= 15 is 0 Å². The molecular formula is C9H18O2. The molecule has 1 atom stereocenters. The van der Waals surface area contributed by atoms with Crippen molar-refractivity contribution in [2.24, 2.45) is 5.92 Å². The molecule has 0 saturated carbocycles. The van der Waals surface area contributed by atoms with Gasteiger partial charge >= 0.3 is 0 Å². The van der Waals surface area contributed by atoms with E-state index in [0.717, 1.165) is 19.4 Å². The van der Waals surface area contributed by atoms with Crippen LogP contribution in [0.15, 0.2) is 0 Å². The number of hydrogen-bond acceptors (Lipinski definition) is 2. The third kappa shape index (κ3) is 6.05. The van der Waals surface area contributed by atoms with Crippen molar-refractivity contribution < 1.29 is 9.53 Å². The van der Waals surface area contributed by atoms with E-state index in [9.17, 15) is 4.79 Å². The minimum atomic E-state index is 0.0619. The highest BCUT2D eigenvalue weighted by Gasteiger charge is 2.06. The van der Waals surface area contributed by atoms with Gasteiger partial charge < -0.3 is 4.74 Å². The first-order valence-electron chi connectivity index (χ1n) is 4.26. The summed E-state index contributed by atoms with van der Waals surface area (Å²) in [6.45, 7) is 6.99. The Balaban J connectivity index is 3.17. The molecule has 0 radical (unpaired) electrons. The van der Waals surface area contributed by atoms with Crippen molar-refractivity contribution in [2.75, 3.05) is 13.2 Å². The van der Waals surface area contributed by atoms with Crippen LogP contribution < -0.4 is 0 Å². The fraction of sp³-hybridized carbons (Fsp3) is 0.889. The molecule has 0 amide bonds. The fourth-order valence-electron chi connectivity index (χ4n) is 0.624. The van der Waals surface area contributed by atoms with Gasteiger partial charge in [0.1, 0.15) is 5.78 Å². The second kappa shape index (κ2) is 6.35. The minimum Gasteiger partial charge on any atom is -0.381 e. The van der Waals surface area contributed by atoms with Crippen molar-refractivity contribution in [3.8, 4) is 0 Å². The van der Waals surface area contributed by atoms with Gasteiger partial charge in [0.05, 0.1) is 6.61 Å². The highest BCUT2D eigenvalue weighted by Crippen LogP contribution is 1.98. The molecule has 11 heavy (non-hydrogen) atoms. The molecule has 2 nitrogen and oxygen atoms in total. The molecular weight excluding hydrogens is 140 g/mol. The number of hydrogen-bond donors (Lipinski definition) is 0. The zero-order chi connectivity index (χ0) is 8.69. The summed E-state index contributed by atoms with van der Waals surface area (Å²) in [6.07, 6.45) is 2.24. The van der Waals surface area contributed by atoms with E-state index in [-0.39, 0.29) is 11.7 Å². The van der Waals surface area contributed by atoms with Crippen LogP contribution in [0.4, 0.5) is 0 Å². The van der Waals surface area contributed by atoms with Crippen molar-refractivity contribution in [1.29, 1.82) is 0 Å². The van der Waals surface area contributed by atoms with Crippen molar-refractivity contribution in [3.63, 3.8) is 0 Å². The smallest absolute Gasteiger partial charge is 0.134 e. The van der Waals surface area contributed by atoms with Crippen LogP contribution in [0.1, 0.15) is 33.6 Å². The standard InChI is InChI=1S/C9H18O2/c1-4-5-6-11-7-8(2)9(3)10/h8H,4-7H2,1-3H3. The molecule has 0 aromatic heterocycles. The number of unbranched alkanes of at least 4 members (excludes halogenated alkanes) is 1. The van der Waals surface area contributed by atoms with E-state index in [1.54, 1.807) is 6.92 Å². The summed E-state index contributed by atoms with van der Waals surface area (Å²) in [5.41, 5.74) is 0. The Morgan fingerprint density at radius 2 is 2.18 bits per heavy atom. The van der Waals surface area contributed by atoms with Crippen LogP contribution in [0.25, 0.3) is 0 Å². The van der Waals surface area contributed by atoms with Crippen molar-refractivity contribution in [1.82, 2.24) is 0 Å². The van der Waals surface area contributed by atoms with Crippen LogP contribution in [-0.2, 0) is 9.53 Å². The maximum Gasteiger partial charge on any atom is 0.134 e. The molecule has 0 heterocycles. The molecule has 0 aromatic rings. The van der Waals surface area contributed by atoms with E-state index in [0.29, 0.717) is 6.61 Å². The van der Waals surface area contributed by atoms with Gasteiger partial charge in [-0.25, -0.2) is 0 Å². The molecule has 0 aliphatic rings. The number of rotatable bonds is 6. The topological polar surface area (TPSA) is 26.3 Å². The summed E-state index contributed by atoms with van der Waals surface area (Å²) in [5, 5.41) is 0. The zero-order valence-corrected chi connectivity index (χ0v) is 7.72. The lowest BCUT2D eigenvalue weighted by atomic mass is 10.1. The Morgan fingerprint density at radius 1 is 1.55 bits per heavy atom. The average Bonchev–Trinajstić information content (AvgIpc) is 1.97. The maximum absolute atomic E-state index is 10.7. The first-order valence-corrected chi connectivity index (χ1v) is 4.26. The Morgan fingerprint density at radius 3 is 2.64 bits per heavy atom. The third-order valence-electron chi connectivity index (χ3n) is 1.70. The summed E-state index contributed by atoms with van der Waals surface area (Å²) < 4.78 is 5.28. The number of ketones is 1. The highest BCUT2D eigenvalue weighted by molar-refractivity contribution is 5.77. The van der Waals surface area contributed by atoms with E-state index in [1.165, 1.54) is 0 Å². The molecule has 0 saturated heterocycles. The van der Waals surface area contributed by atoms with Gasteiger partial charge in [0.25, 0.3) is 0 Å². The Kier molecular flexibility index (Phi) is 6.13. The monoisotopic (exact) mass is 158 g/mol. The maximum atomic E-state index is 10.7. The van der Waals surface area contributed by atoms with Crippen LogP contribution >= 0.6 is 0 Å². The molecule has 1 unspecified atom stereocenters. The van der Waals surface area contributed by atoms with Gasteiger partial charge in [0.15, 0.2) is 0 Å². The van der Waals surface area contributed by atoms with Crippen molar-refractivity contribution in [3.05, 3.63) is 0 Å². The van der Waals surface area contributed by atoms with Crippen LogP contribution in [0.3, 0.4) is 0 Å².